The van der Waals surface area contributed by atoms with E-state index in [0.717, 1.165) is 17.5 Å². The van der Waals surface area contributed by atoms with Crippen molar-refractivity contribution in [1.29, 1.82) is 0 Å². The Morgan fingerprint density at radius 2 is 1.81 bits per heavy atom. The van der Waals surface area contributed by atoms with Crippen LogP contribution in [0.5, 0.6) is 17.2 Å². The third-order valence-electron chi connectivity index (χ3n) is 4.16. The normalized spacial score (nSPS) is 10.8. The Morgan fingerprint density at radius 3 is 2.56 bits per heavy atom. The molecule has 0 spiro atoms. The maximum Gasteiger partial charge on any atom is 0.336 e. The van der Waals surface area contributed by atoms with Gasteiger partial charge < -0.3 is 14.2 Å². The third kappa shape index (κ3) is 6.81. The second-order valence-corrected chi connectivity index (χ2v) is 6.34. The number of esters is 1. The van der Waals surface area contributed by atoms with Gasteiger partial charge in [0.15, 0.2) is 11.5 Å². The summed E-state index contributed by atoms with van der Waals surface area (Å²) >= 11 is 0. The lowest BCUT2D eigenvalue weighted by Crippen LogP contribution is -2.04. The van der Waals surface area contributed by atoms with Crippen molar-refractivity contribution in [3.8, 4) is 17.2 Å². The van der Waals surface area contributed by atoms with E-state index < -0.39 is 5.97 Å². The highest BCUT2D eigenvalue weighted by molar-refractivity contribution is 5.89. The summed E-state index contributed by atoms with van der Waals surface area (Å²) in [4.78, 5) is 12.0. The first-order valence-electron chi connectivity index (χ1n) is 9.40. The Hall–Kier alpha value is -2.75. The van der Waals surface area contributed by atoms with Gasteiger partial charge in [0.25, 0.3) is 0 Å². The highest BCUT2D eigenvalue weighted by atomic mass is 16.5. The van der Waals surface area contributed by atoms with E-state index in [-0.39, 0.29) is 0 Å². The molecule has 0 atom stereocenters. The lowest BCUT2D eigenvalue weighted by atomic mass is 10.2. The number of aryl methyl sites for hydroxylation is 1. The van der Waals surface area contributed by atoms with E-state index in [1.165, 1.54) is 25.3 Å². The molecule has 0 amide bonds. The van der Waals surface area contributed by atoms with Crippen LogP contribution in [-0.2, 0) is 4.79 Å². The molecule has 0 saturated heterocycles. The van der Waals surface area contributed by atoms with Crippen LogP contribution in [0.3, 0.4) is 0 Å². The summed E-state index contributed by atoms with van der Waals surface area (Å²) in [6.45, 7) is 4.76. The van der Waals surface area contributed by atoms with Gasteiger partial charge in [0.2, 0.25) is 0 Å². The first kappa shape index (κ1) is 20.6. The van der Waals surface area contributed by atoms with Crippen LogP contribution in [0, 0.1) is 6.92 Å². The Bertz CT molecular complexity index is 765. The molecular weight excluding hydrogens is 340 g/mol. The number of para-hydroxylation sites is 1. The molecule has 2 aromatic carbocycles. The third-order valence-corrected chi connectivity index (χ3v) is 4.16. The quantitative estimate of drug-likeness (QED) is 0.238. The van der Waals surface area contributed by atoms with Crippen LogP contribution in [-0.4, -0.2) is 19.7 Å². The smallest absolute Gasteiger partial charge is 0.336 e. The van der Waals surface area contributed by atoms with Gasteiger partial charge in [-0.15, -0.1) is 0 Å². The number of methoxy groups -OCH3 is 1. The first-order valence-corrected chi connectivity index (χ1v) is 9.40. The molecule has 2 aromatic rings. The second kappa shape index (κ2) is 11.1. The van der Waals surface area contributed by atoms with Crippen molar-refractivity contribution < 1.29 is 19.0 Å². The minimum absolute atomic E-state index is 0.417. The van der Waals surface area contributed by atoms with E-state index in [0.29, 0.717) is 23.9 Å². The van der Waals surface area contributed by atoms with Crippen molar-refractivity contribution in [1.82, 2.24) is 0 Å². The SMILES string of the molecule is CCCCCCOc1ccc(/C=C/C(=O)Oc2ccccc2C)cc1OC. The molecule has 0 bridgehead atoms. The molecule has 0 heterocycles. The van der Waals surface area contributed by atoms with Crippen molar-refractivity contribution in [2.24, 2.45) is 0 Å². The average Bonchev–Trinajstić information content (AvgIpc) is 2.68. The summed E-state index contributed by atoms with van der Waals surface area (Å²) in [6.07, 6.45) is 7.74. The molecule has 0 aliphatic carbocycles. The molecule has 27 heavy (non-hydrogen) atoms. The minimum Gasteiger partial charge on any atom is -0.493 e. The van der Waals surface area contributed by atoms with Gasteiger partial charge in [-0.25, -0.2) is 4.79 Å². The fourth-order valence-electron chi connectivity index (χ4n) is 2.60. The number of ether oxygens (including phenoxy) is 3. The largest absolute Gasteiger partial charge is 0.493 e. The number of hydrogen-bond donors (Lipinski definition) is 0. The van der Waals surface area contributed by atoms with E-state index >= 15 is 0 Å². The molecular formula is C23H28O4. The van der Waals surface area contributed by atoms with Crippen LogP contribution in [0.1, 0.15) is 43.7 Å². The van der Waals surface area contributed by atoms with Gasteiger partial charge in [-0.3, -0.25) is 0 Å². The maximum atomic E-state index is 12.0. The van der Waals surface area contributed by atoms with Crippen molar-refractivity contribution in [3.05, 3.63) is 59.7 Å². The molecule has 0 aliphatic heterocycles. The fourth-order valence-corrected chi connectivity index (χ4v) is 2.60. The summed E-state index contributed by atoms with van der Waals surface area (Å²) in [5, 5.41) is 0. The lowest BCUT2D eigenvalue weighted by Gasteiger charge is -2.11. The molecule has 0 aliphatic rings. The minimum atomic E-state index is -0.417. The van der Waals surface area contributed by atoms with Gasteiger partial charge in [0, 0.05) is 6.08 Å². The summed E-state index contributed by atoms with van der Waals surface area (Å²) in [7, 11) is 1.61. The molecule has 0 aromatic heterocycles. The number of rotatable bonds is 10. The number of hydrogen-bond acceptors (Lipinski definition) is 4. The van der Waals surface area contributed by atoms with E-state index in [2.05, 4.69) is 6.92 Å². The molecule has 0 radical (unpaired) electrons. The standard InChI is InChI=1S/C23H28O4/c1-4-5-6-9-16-26-21-14-12-19(17-22(21)25-3)13-15-23(24)27-20-11-8-7-10-18(20)2/h7-8,10-15,17H,4-6,9,16H2,1-3H3/b15-13+. The van der Waals surface area contributed by atoms with Gasteiger partial charge in [-0.2, -0.15) is 0 Å². The zero-order valence-electron chi connectivity index (χ0n) is 16.4. The van der Waals surface area contributed by atoms with E-state index in [1.807, 2.05) is 43.3 Å². The lowest BCUT2D eigenvalue weighted by molar-refractivity contribution is -0.128. The highest BCUT2D eigenvalue weighted by Crippen LogP contribution is 2.29. The molecule has 144 valence electrons. The van der Waals surface area contributed by atoms with Gasteiger partial charge in [-0.1, -0.05) is 50.5 Å². The number of unbranched alkanes of at least 4 members (excludes halogenated alkanes) is 3. The predicted molar refractivity (Wildman–Crippen MR) is 108 cm³/mol. The van der Waals surface area contributed by atoms with Gasteiger partial charge >= 0.3 is 5.97 Å². The Balaban J connectivity index is 1.94. The van der Waals surface area contributed by atoms with Crippen molar-refractivity contribution in [3.63, 3.8) is 0 Å². The Labute approximate surface area is 161 Å². The Morgan fingerprint density at radius 1 is 1.00 bits per heavy atom. The van der Waals surface area contributed by atoms with Crippen LogP contribution >= 0.6 is 0 Å². The van der Waals surface area contributed by atoms with E-state index in [1.54, 1.807) is 19.3 Å². The molecule has 4 nitrogen and oxygen atoms in total. The second-order valence-electron chi connectivity index (χ2n) is 6.34. The van der Waals surface area contributed by atoms with Gasteiger partial charge in [0.05, 0.1) is 13.7 Å². The molecule has 0 unspecified atom stereocenters. The average molecular weight is 368 g/mol. The van der Waals surface area contributed by atoms with Crippen molar-refractivity contribution >= 4 is 12.0 Å². The molecule has 2 rings (SSSR count). The highest BCUT2D eigenvalue weighted by Gasteiger charge is 2.06. The summed E-state index contributed by atoms with van der Waals surface area (Å²) < 4.78 is 16.6. The van der Waals surface area contributed by atoms with Crippen LogP contribution in [0.25, 0.3) is 6.08 Å². The number of benzene rings is 2. The molecule has 4 heteroatoms. The van der Waals surface area contributed by atoms with Gasteiger partial charge in [-0.05, 0) is 48.7 Å². The fraction of sp³-hybridized carbons (Fsp3) is 0.348. The van der Waals surface area contributed by atoms with Crippen LogP contribution < -0.4 is 14.2 Å². The van der Waals surface area contributed by atoms with Crippen molar-refractivity contribution in [2.75, 3.05) is 13.7 Å². The molecule has 0 fully saturated rings. The van der Waals surface area contributed by atoms with E-state index in [9.17, 15) is 4.79 Å². The summed E-state index contributed by atoms with van der Waals surface area (Å²) in [6, 6.07) is 13.0. The van der Waals surface area contributed by atoms with Crippen LogP contribution in [0.2, 0.25) is 0 Å². The first-order chi connectivity index (χ1) is 13.1. The molecule has 0 N–H and O–H groups in total. The predicted octanol–water partition coefficient (Wildman–Crippen LogP) is 5.58. The topological polar surface area (TPSA) is 44.8 Å². The van der Waals surface area contributed by atoms with Crippen LogP contribution in [0.15, 0.2) is 48.5 Å². The Kier molecular flexibility index (Phi) is 8.43. The van der Waals surface area contributed by atoms with Crippen molar-refractivity contribution in [2.45, 2.75) is 39.5 Å². The summed E-state index contributed by atoms with van der Waals surface area (Å²) in [5.74, 6) is 1.52. The number of carbonyl (C=O) groups excluding carboxylic acids is 1. The zero-order chi connectivity index (χ0) is 19.5. The summed E-state index contributed by atoms with van der Waals surface area (Å²) in [5.41, 5.74) is 1.76. The maximum absolute atomic E-state index is 12.0. The number of carbonyl (C=O) groups is 1. The zero-order valence-corrected chi connectivity index (χ0v) is 16.4. The monoisotopic (exact) mass is 368 g/mol. The van der Waals surface area contributed by atoms with Crippen LogP contribution in [0.4, 0.5) is 0 Å². The van der Waals surface area contributed by atoms with E-state index in [4.69, 9.17) is 14.2 Å². The van der Waals surface area contributed by atoms with Gasteiger partial charge in [0.1, 0.15) is 5.75 Å². The molecule has 0 saturated carbocycles.